The second kappa shape index (κ2) is 6.16. The molecule has 1 aromatic rings. The fraction of sp³-hybridized carbons (Fsp3) is 0.455. The number of carbonyl (C=O) groups is 1. The van der Waals surface area contributed by atoms with Crippen molar-refractivity contribution in [2.75, 3.05) is 12.0 Å². The van der Waals surface area contributed by atoms with Gasteiger partial charge in [-0.1, -0.05) is 0 Å². The molecule has 112 valence electrons. The van der Waals surface area contributed by atoms with Gasteiger partial charge in [-0.3, -0.25) is 4.79 Å². The minimum absolute atomic E-state index is 0.0241. The Balaban J connectivity index is 2.73. The highest BCUT2D eigenvalue weighted by atomic mass is 32.2. The van der Waals surface area contributed by atoms with Crippen molar-refractivity contribution in [2.24, 2.45) is 5.84 Å². The van der Waals surface area contributed by atoms with Crippen molar-refractivity contribution in [1.82, 2.24) is 15.0 Å². The lowest BCUT2D eigenvalue weighted by molar-refractivity contribution is -0.121. The van der Waals surface area contributed by atoms with Gasteiger partial charge in [-0.15, -0.1) is 0 Å². The molecular weight excluding hydrogens is 282 g/mol. The molecular formula is C11H19N5O3S. The van der Waals surface area contributed by atoms with Crippen molar-refractivity contribution in [2.45, 2.75) is 31.2 Å². The average molecular weight is 301 g/mol. The maximum Gasteiger partial charge on any atom is 0.241 e. The molecule has 0 saturated heterocycles. The Labute approximate surface area is 118 Å². The van der Waals surface area contributed by atoms with Gasteiger partial charge in [-0.05, 0) is 26.8 Å². The molecule has 0 spiro atoms. The number of hydrogen-bond donors (Lipinski definition) is 4. The van der Waals surface area contributed by atoms with Crippen LogP contribution in [-0.2, 0) is 14.8 Å². The van der Waals surface area contributed by atoms with Crippen LogP contribution in [0.3, 0.4) is 0 Å². The first kappa shape index (κ1) is 16.3. The van der Waals surface area contributed by atoms with Gasteiger partial charge in [-0.25, -0.2) is 24.0 Å². The maximum absolute atomic E-state index is 12.0. The second-order valence-corrected chi connectivity index (χ2v) is 6.91. The lowest BCUT2D eigenvalue weighted by atomic mass is 10.1. The molecule has 0 saturated carbocycles. The first-order valence-corrected chi connectivity index (χ1v) is 7.36. The van der Waals surface area contributed by atoms with E-state index < -0.39 is 21.5 Å². The first-order valence-electron chi connectivity index (χ1n) is 5.87. The summed E-state index contributed by atoms with van der Waals surface area (Å²) >= 11 is 0. The number of nitrogens with two attached hydrogens (primary N) is 1. The van der Waals surface area contributed by atoms with Crippen molar-refractivity contribution >= 4 is 21.7 Å². The van der Waals surface area contributed by atoms with E-state index >= 15 is 0 Å². The van der Waals surface area contributed by atoms with Crippen LogP contribution in [0.25, 0.3) is 0 Å². The van der Waals surface area contributed by atoms with Gasteiger partial charge in [0.1, 0.15) is 5.82 Å². The number of pyridine rings is 1. The molecule has 1 aromatic heterocycles. The molecule has 1 heterocycles. The third kappa shape index (κ3) is 5.11. The Morgan fingerprint density at radius 3 is 2.60 bits per heavy atom. The van der Waals surface area contributed by atoms with E-state index in [0.717, 1.165) is 0 Å². The fourth-order valence-electron chi connectivity index (χ4n) is 1.36. The number of hydrazine groups is 1. The number of sulfonamides is 1. The molecule has 0 fully saturated rings. The highest BCUT2D eigenvalue weighted by Crippen LogP contribution is 2.11. The summed E-state index contributed by atoms with van der Waals surface area (Å²) in [5.74, 6) is 4.97. The van der Waals surface area contributed by atoms with E-state index in [9.17, 15) is 13.2 Å². The van der Waals surface area contributed by atoms with Gasteiger partial charge in [0.25, 0.3) is 0 Å². The van der Waals surface area contributed by atoms with E-state index in [1.54, 1.807) is 0 Å². The predicted molar refractivity (Wildman–Crippen MR) is 75.1 cm³/mol. The van der Waals surface area contributed by atoms with Gasteiger partial charge in [-0.2, -0.15) is 0 Å². The third-order valence-electron chi connectivity index (χ3n) is 2.13. The second-order valence-electron chi connectivity index (χ2n) is 5.14. The van der Waals surface area contributed by atoms with Gasteiger partial charge in [0.05, 0.1) is 11.4 Å². The smallest absolute Gasteiger partial charge is 0.241 e. The number of hydrogen-bond acceptors (Lipinski definition) is 6. The summed E-state index contributed by atoms with van der Waals surface area (Å²) in [6.07, 6.45) is 1.30. The summed E-state index contributed by atoms with van der Waals surface area (Å²) in [6, 6.07) is 2.58. The molecule has 0 radical (unpaired) electrons. The Kier molecular flexibility index (Phi) is 5.03. The molecule has 20 heavy (non-hydrogen) atoms. The summed E-state index contributed by atoms with van der Waals surface area (Å²) in [5, 5.41) is 2.66. The van der Waals surface area contributed by atoms with Crippen LogP contribution in [0, 0.1) is 0 Å². The monoisotopic (exact) mass is 301 g/mol. The number of nitrogens with one attached hydrogen (secondary N) is 3. The van der Waals surface area contributed by atoms with Crippen LogP contribution in [0.5, 0.6) is 0 Å². The minimum Gasteiger partial charge on any atom is -0.350 e. The minimum atomic E-state index is -3.79. The first-order chi connectivity index (χ1) is 9.14. The van der Waals surface area contributed by atoms with Crippen LogP contribution in [0.1, 0.15) is 20.8 Å². The van der Waals surface area contributed by atoms with E-state index in [0.29, 0.717) is 0 Å². The number of aromatic nitrogens is 1. The zero-order valence-electron chi connectivity index (χ0n) is 11.6. The average Bonchev–Trinajstić information content (AvgIpc) is 2.35. The van der Waals surface area contributed by atoms with E-state index in [1.165, 1.54) is 18.3 Å². The molecule has 0 aliphatic rings. The van der Waals surface area contributed by atoms with Crippen LogP contribution in [0.4, 0.5) is 5.82 Å². The highest BCUT2D eigenvalue weighted by Gasteiger charge is 2.18. The standard InChI is InChI=1S/C11H19N5O3S/c1-11(2,3)15-10(17)7-14-20(18,19)8-4-5-13-9(6-8)16-12/h4-6,14H,7,12H2,1-3H3,(H,13,16)(H,15,17). The van der Waals surface area contributed by atoms with Crippen molar-refractivity contribution < 1.29 is 13.2 Å². The molecule has 0 aliphatic carbocycles. The Bertz CT molecular complexity index is 580. The Morgan fingerprint density at radius 1 is 1.40 bits per heavy atom. The molecule has 9 heteroatoms. The maximum atomic E-state index is 12.0. The molecule has 0 bridgehead atoms. The zero-order chi connectivity index (χ0) is 15.4. The molecule has 5 N–H and O–H groups in total. The molecule has 8 nitrogen and oxygen atoms in total. The van der Waals surface area contributed by atoms with Crippen molar-refractivity contribution in [3.63, 3.8) is 0 Å². The molecule has 1 amide bonds. The van der Waals surface area contributed by atoms with Crippen LogP contribution >= 0.6 is 0 Å². The van der Waals surface area contributed by atoms with Crippen LogP contribution < -0.4 is 21.3 Å². The van der Waals surface area contributed by atoms with E-state index in [-0.39, 0.29) is 17.3 Å². The number of rotatable bonds is 5. The lowest BCUT2D eigenvalue weighted by Gasteiger charge is -2.20. The SMILES string of the molecule is CC(C)(C)NC(=O)CNS(=O)(=O)c1ccnc(NN)c1. The van der Waals surface area contributed by atoms with Crippen molar-refractivity contribution in [1.29, 1.82) is 0 Å². The number of anilines is 1. The molecule has 1 rings (SSSR count). The summed E-state index contributed by atoms with van der Waals surface area (Å²) < 4.78 is 26.2. The topological polar surface area (TPSA) is 126 Å². The van der Waals surface area contributed by atoms with Crippen molar-refractivity contribution in [3.8, 4) is 0 Å². The molecule has 0 aliphatic heterocycles. The van der Waals surface area contributed by atoms with Crippen LogP contribution in [0.15, 0.2) is 23.2 Å². The van der Waals surface area contributed by atoms with Gasteiger partial charge in [0.15, 0.2) is 0 Å². The highest BCUT2D eigenvalue weighted by molar-refractivity contribution is 7.89. The van der Waals surface area contributed by atoms with Crippen molar-refractivity contribution in [3.05, 3.63) is 18.3 Å². The Morgan fingerprint density at radius 2 is 2.05 bits per heavy atom. The van der Waals surface area contributed by atoms with Gasteiger partial charge in [0, 0.05) is 17.8 Å². The van der Waals surface area contributed by atoms with E-state index in [1.807, 2.05) is 20.8 Å². The number of carbonyl (C=O) groups excluding carboxylic acids is 1. The summed E-state index contributed by atoms with van der Waals surface area (Å²) in [7, 11) is -3.79. The lowest BCUT2D eigenvalue weighted by Crippen LogP contribution is -2.45. The van der Waals surface area contributed by atoms with Gasteiger partial charge >= 0.3 is 0 Å². The quantitative estimate of drug-likeness (QED) is 0.431. The van der Waals surface area contributed by atoms with Gasteiger partial charge < -0.3 is 10.7 Å². The Hall–Kier alpha value is -1.71. The molecule has 0 aromatic carbocycles. The normalized spacial score (nSPS) is 12.0. The largest absolute Gasteiger partial charge is 0.350 e. The number of amides is 1. The molecule has 0 atom stereocenters. The van der Waals surface area contributed by atoms with E-state index in [2.05, 4.69) is 20.4 Å². The third-order valence-corrected chi connectivity index (χ3v) is 3.53. The fourth-order valence-corrected chi connectivity index (χ4v) is 2.36. The molecule has 0 unspecified atom stereocenters. The summed E-state index contributed by atoms with van der Waals surface area (Å²) in [4.78, 5) is 15.4. The predicted octanol–water partition coefficient (Wildman–Crippen LogP) is -0.440. The number of nitrogens with zero attached hydrogens (tertiary/aromatic N) is 1. The van der Waals surface area contributed by atoms with Crippen LogP contribution in [-0.4, -0.2) is 31.4 Å². The summed E-state index contributed by atoms with van der Waals surface area (Å²) in [6.45, 7) is 5.08. The zero-order valence-corrected chi connectivity index (χ0v) is 12.4. The van der Waals surface area contributed by atoms with Gasteiger partial charge in [0.2, 0.25) is 15.9 Å². The van der Waals surface area contributed by atoms with Crippen LogP contribution in [0.2, 0.25) is 0 Å². The van der Waals surface area contributed by atoms with E-state index in [4.69, 9.17) is 5.84 Å². The summed E-state index contributed by atoms with van der Waals surface area (Å²) in [5.41, 5.74) is 1.83. The number of nitrogen functional groups attached to an aromatic ring is 1.